The number of alkyl halides is 3. The monoisotopic (exact) mass is 259 g/mol. The number of anilines is 1. The topological polar surface area (TPSA) is 66.4 Å². The van der Waals surface area contributed by atoms with Gasteiger partial charge in [-0.05, 0) is 12.1 Å². The number of aliphatic carboxylic acids is 1. The summed E-state index contributed by atoms with van der Waals surface area (Å²) in [7, 11) is 0. The second kappa shape index (κ2) is 5.35. The molecule has 0 aliphatic rings. The molecule has 1 rings (SSSR count). The minimum absolute atomic E-state index is 0.142. The van der Waals surface area contributed by atoms with Crippen LogP contribution in [-0.2, 0) is 9.59 Å². The van der Waals surface area contributed by atoms with E-state index in [2.05, 4.69) is 0 Å². The van der Waals surface area contributed by atoms with E-state index in [0.29, 0.717) is 0 Å². The van der Waals surface area contributed by atoms with Gasteiger partial charge in [0.25, 0.3) is 5.91 Å². The lowest BCUT2D eigenvalue weighted by molar-refractivity contribution is -0.135. The molecule has 0 saturated heterocycles. The summed E-state index contributed by atoms with van der Waals surface area (Å²) < 4.78 is 37.3. The summed E-state index contributed by atoms with van der Waals surface area (Å²) in [4.78, 5) is 21.6. The van der Waals surface area contributed by atoms with Crippen molar-refractivity contribution < 1.29 is 27.9 Å². The molecule has 0 fully saturated rings. The lowest BCUT2D eigenvalue weighted by Crippen LogP contribution is -2.26. The van der Waals surface area contributed by atoms with E-state index in [9.17, 15) is 22.8 Å². The highest BCUT2D eigenvalue weighted by molar-refractivity contribution is 6.07. The van der Waals surface area contributed by atoms with Gasteiger partial charge in [0.15, 0.2) is 0 Å². The van der Waals surface area contributed by atoms with Gasteiger partial charge in [-0.3, -0.25) is 4.79 Å². The van der Waals surface area contributed by atoms with Crippen molar-refractivity contribution in [3.63, 3.8) is 0 Å². The van der Waals surface area contributed by atoms with Crippen molar-refractivity contribution in [2.45, 2.75) is 6.18 Å². The molecule has 0 unspecified atom stereocenters. The number of carbonyl (C=O) groups is 2. The molecule has 4 nitrogen and oxygen atoms in total. The second-order valence-electron chi connectivity index (χ2n) is 3.21. The zero-order valence-corrected chi connectivity index (χ0v) is 8.86. The minimum atomic E-state index is -5.03. The summed E-state index contributed by atoms with van der Waals surface area (Å²) in [5.74, 6) is -3.36. The molecule has 0 atom stereocenters. The van der Waals surface area contributed by atoms with Crippen LogP contribution in [0.2, 0.25) is 0 Å². The maximum absolute atomic E-state index is 12.4. The fourth-order valence-corrected chi connectivity index (χ4v) is 1.12. The normalized spacial score (nSPS) is 12.1. The Bertz CT molecular complexity index is 480. The molecule has 18 heavy (non-hydrogen) atoms. The molecular weight excluding hydrogens is 251 g/mol. The van der Waals surface area contributed by atoms with E-state index in [-0.39, 0.29) is 11.8 Å². The molecule has 0 radical (unpaired) electrons. The summed E-state index contributed by atoms with van der Waals surface area (Å²) in [5, 5.41) is 10.3. The van der Waals surface area contributed by atoms with Gasteiger partial charge in [0.1, 0.15) is 5.57 Å². The van der Waals surface area contributed by atoms with Crippen LogP contribution in [0.1, 0.15) is 0 Å². The van der Waals surface area contributed by atoms with Gasteiger partial charge < -0.3 is 10.4 Å². The van der Waals surface area contributed by atoms with Gasteiger partial charge in [0, 0.05) is 11.8 Å². The number of carboxylic acid groups (broad SMARTS) is 1. The fraction of sp³-hybridized carbons (Fsp3) is 0.0909. The number of hydrogen-bond acceptors (Lipinski definition) is 2. The first kappa shape index (κ1) is 13.8. The average Bonchev–Trinajstić information content (AvgIpc) is 2.25. The Labute approximate surface area is 99.7 Å². The number of carbonyl (C=O) groups excluding carboxylic acids is 1. The van der Waals surface area contributed by atoms with Crippen molar-refractivity contribution in [2.75, 3.05) is 5.32 Å². The molecule has 1 amide bonds. The molecule has 0 bridgehead atoms. The van der Waals surface area contributed by atoms with Crippen LogP contribution in [0.4, 0.5) is 18.9 Å². The molecule has 1 aromatic rings. The van der Waals surface area contributed by atoms with Crippen molar-refractivity contribution in [2.24, 2.45) is 0 Å². The van der Waals surface area contributed by atoms with Crippen molar-refractivity contribution in [1.29, 1.82) is 0 Å². The molecule has 96 valence electrons. The first-order chi connectivity index (χ1) is 8.30. The Morgan fingerprint density at radius 3 is 2.17 bits per heavy atom. The number of carboxylic acids is 1. The molecule has 7 heteroatoms. The highest BCUT2D eigenvalue weighted by atomic mass is 19.4. The van der Waals surface area contributed by atoms with Gasteiger partial charge in [0.2, 0.25) is 0 Å². The Kier molecular flexibility index (Phi) is 4.09. The summed E-state index contributed by atoms with van der Waals surface area (Å²) in [6.45, 7) is 0. The van der Waals surface area contributed by atoms with Gasteiger partial charge in [-0.15, -0.1) is 0 Å². The van der Waals surface area contributed by atoms with Crippen LogP contribution >= 0.6 is 0 Å². The number of hydrogen-bond donors (Lipinski definition) is 2. The van der Waals surface area contributed by atoms with Crippen molar-refractivity contribution in [1.82, 2.24) is 0 Å². The largest absolute Gasteiger partial charge is 0.478 e. The summed E-state index contributed by atoms with van der Waals surface area (Å²) >= 11 is 0. The van der Waals surface area contributed by atoms with Gasteiger partial charge in [-0.1, -0.05) is 18.2 Å². The molecule has 1 aromatic carbocycles. The van der Waals surface area contributed by atoms with Crippen LogP contribution in [0.3, 0.4) is 0 Å². The highest BCUT2D eigenvalue weighted by Crippen LogP contribution is 2.26. The fourth-order valence-electron chi connectivity index (χ4n) is 1.12. The standard InChI is InChI=1S/C11H8F3NO3/c12-11(13,14)8(6-9(16)17)10(18)15-7-4-2-1-3-5-7/h1-6H,(H,15,18)(H,16,17)/b8-6+. The molecule has 0 aromatic heterocycles. The van der Waals surface area contributed by atoms with Crippen LogP contribution in [0, 0.1) is 0 Å². The first-order valence-corrected chi connectivity index (χ1v) is 4.69. The summed E-state index contributed by atoms with van der Waals surface area (Å²) in [5.41, 5.74) is -1.62. The third kappa shape index (κ3) is 3.93. The second-order valence-corrected chi connectivity index (χ2v) is 3.21. The Morgan fingerprint density at radius 1 is 1.17 bits per heavy atom. The molecule has 0 heterocycles. The predicted octanol–water partition coefficient (Wildman–Crippen LogP) is 2.20. The molecule has 0 aliphatic carbocycles. The molecule has 0 saturated carbocycles. The van der Waals surface area contributed by atoms with E-state index in [4.69, 9.17) is 5.11 Å². The SMILES string of the molecule is O=C(O)/C=C(\C(=O)Nc1ccccc1)C(F)(F)F. The van der Waals surface area contributed by atoms with E-state index in [1.807, 2.05) is 5.32 Å². The van der Waals surface area contributed by atoms with Crippen molar-refractivity contribution >= 4 is 17.6 Å². The maximum Gasteiger partial charge on any atom is 0.421 e. The lowest BCUT2D eigenvalue weighted by Gasteiger charge is -2.11. The van der Waals surface area contributed by atoms with Crippen LogP contribution < -0.4 is 5.32 Å². The summed E-state index contributed by atoms with van der Waals surface area (Å²) in [6.07, 6.45) is -5.20. The third-order valence-corrected chi connectivity index (χ3v) is 1.85. The third-order valence-electron chi connectivity index (χ3n) is 1.85. The van der Waals surface area contributed by atoms with Crippen molar-refractivity contribution in [3.05, 3.63) is 42.0 Å². The van der Waals surface area contributed by atoms with Gasteiger partial charge in [-0.2, -0.15) is 13.2 Å². The maximum atomic E-state index is 12.4. The van der Waals surface area contributed by atoms with Crippen LogP contribution in [0.25, 0.3) is 0 Å². The van der Waals surface area contributed by atoms with E-state index in [1.165, 1.54) is 24.3 Å². The number of amides is 1. The van der Waals surface area contributed by atoms with E-state index in [0.717, 1.165) is 0 Å². The van der Waals surface area contributed by atoms with E-state index >= 15 is 0 Å². The lowest BCUT2D eigenvalue weighted by atomic mass is 10.2. The zero-order chi connectivity index (χ0) is 13.8. The van der Waals surface area contributed by atoms with Crippen molar-refractivity contribution in [3.8, 4) is 0 Å². The zero-order valence-electron chi connectivity index (χ0n) is 8.86. The van der Waals surface area contributed by atoms with E-state index < -0.39 is 23.6 Å². The van der Waals surface area contributed by atoms with Crippen LogP contribution in [0.15, 0.2) is 42.0 Å². The molecular formula is C11H8F3NO3. The van der Waals surface area contributed by atoms with Gasteiger partial charge in [-0.25, -0.2) is 4.79 Å². The number of rotatable bonds is 3. The predicted molar refractivity (Wildman–Crippen MR) is 56.8 cm³/mol. The van der Waals surface area contributed by atoms with Gasteiger partial charge in [0.05, 0.1) is 0 Å². The first-order valence-electron chi connectivity index (χ1n) is 4.69. The molecule has 0 spiro atoms. The van der Waals surface area contributed by atoms with Crippen LogP contribution in [-0.4, -0.2) is 23.2 Å². The van der Waals surface area contributed by atoms with Crippen LogP contribution in [0.5, 0.6) is 0 Å². The quantitative estimate of drug-likeness (QED) is 0.818. The number of nitrogens with one attached hydrogen (secondary N) is 1. The Balaban J connectivity index is 2.95. The number of para-hydroxylation sites is 1. The number of benzene rings is 1. The molecule has 2 N–H and O–H groups in total. The smallest absolute Gasteiger partial charge is 0.421 e. The summed E-state index contributed by atoms with van der Waals surface area (Å²) in [6, 6.07) is 7.42. The minimum Gasteiger partial charge on any atom is -0.478 e. The van der Waals surface area contributed by atoms with Gasteiger partial charge >= 0.3 is 12.1 Å². The average molecular weight is 259 g/mol. The van der Waals surface area contributed by atoms with E-state index in [1.54, 1.807) is 6.07 Å². The Morgan fingerprint density at radius 2 is 1.72 bits per heavy atom. The Hall–Kier alpha value is -2.31. The molecule has 0 aliphatic heterocycles. The highest BCUT2D eigenvalue weighted by Gasteiger charge is 2.39. The number of halogens is 3.